The summed E-state index contributed by atoms with van der Waals surface area (Å²) in [5.74, 6) is 1.50. The standard InChI is InChI=1S/C24H31N3O5/c1-3-16-31-24(29)25-19-8-10-21(11-9-19)32-18-20(28)17-26-12-14-27(15-13-26)22-6-4-5-7-23(22)30-2/h3-11,20,28H,1,12-18H2,2H3,(H,25,29). The van der Waals surface area contributed by atoms with Gasteiger partial charge in [-0.25, -0.2) is 4.79 Å². The Morgan fingerprint density at radius 2 is 1.88 bits per heavy atom. The van der Waals surface area contributed by atoms with E-state index in [9.17, 15) is 9.90 Å². The topological polar surface area (TPSA) is 83.5 Å². The summed E-state index contributed by atoms with van der Waals surface area (Å²) in [5, 5.41) is 13.0. The maximum Gasteiger partial charge on any atom is 0.411 e. The fourth-order valence-corrected chi connectivity index (χ4v) is 3.53. The first kappa shape index (κ1) is 23.4. The van der Waals surface area contributed by atoms with E-state index in [1.807, 2.05) is 18.2 Å². The van der Waals surface area contributed by atoms with Crippen LogP contribution in [-0.2, 0) is 4.74 Å². The minimum atomic E-state index is -0.598. The third-order valence-electron chi connectivity index (χ3n) is 5.14. The van der Waals surface area contributed by atoms with Gasteiger partial charge in [-0.05, 0) is 36.4 Å². The van der Waals surface area contributed by atoms with Gasteiger partial charge in [-0.2, -0.15) is 0 Å². The Morgan fingerprint density at radius 3 is 2.56 bits per heavy atom. The molecule has 1 amide bonds. The molecule has 2 aromatic carbocycles. The van der Waals surface area contributed by atoms with Gasteiger partial charge in [0, 0.05) is 38.4 Å². The molecule has 1 heterocycles. The number of anilines is 2. The number of rotatable bonds is 10. The van der Waals surface area contributed by atoms with Gasteiger partial charge in [0.25, 0.3) is 0 Å². The van der Waals surface area contributed by atoms with Gasteiger partial charge >= 0.3 is 6.09 Å². The van der Waals surface area contributed by atoms with E-state index < -0.39 is 12.2 Å². The van der Waals surface area contributed by atoms with Gasteiger partial charge in [-0.3, -0.25) is 10.2 Å². The Labute approximate surface area is 189 Å². The van der Waals surface area contributed by atoms with E-state index in [2.05, 4.69) is 27.8 Å². The van der Waals surface area contributed by atoms with Gasteiger partial charge in [0.15, 0.2) is 0 Å². The predicted molar refractivity (Wildman–Crippen MR) is 125 cm³/mol. The van der Waals surface area contributed by atoms with Crippen LogP contribution in [0.3, 0.4) is 0 Å². The van der Waals surface area contributed by atoms with Crippen LogP contribution >= 0.6 is 0 Å². The molecule has 8 heteroatoms. The Balaban J connectivity index is 1.38. The monoisotopic (exact) mass is 441 g/mol. The van der Waals surface area contributed by atoms with Crippen molar-refractivity contribution in [2.75, 3.05) is 63.3 Å². The normalized spacial score (nSPS) is 15.0. The minimum absolute atomic E-state index is 0.153. The van der Waals surface area contributed by atoms with E-state index in [1.54, 1.807) is 31.4 Å². The summed E-state index contributed by atoms with van der Waals surface area (Å²) in [4.78, 5) is 16.1. The first-order chi connectivity index (χ1) is 15.6. The lowest BCUT2D eigenvalue weighted by Gasteiger charge is -2.37. The summed E-state index contributed by atoms with van der Waals surface area (Å²) in [5.41, 5.74) is 1.70. The van der Waals surface area contributed by atoms with Crippen LogP contribution in [-0.4, -0.2) is 75.3 Å². The molecule has 1 atom stereocenters. The number of hydrogen-bond acceptors (Lipinski definition) is 7. The van der Waals surface area contributed by atoms with Crippen molar-refractivity contribution in [1.82, 2.24) is 4.90 Å². The molecule has 0 radical (unpaired) electrons. The molecular formula is C24H31N3O5. The zero-order valence-electron chi connectivity index (χ0n) is 18.4. The largest absolute Gasteiger partial charge is 0.495 e. The fraction of sp³-hybridized carbons (Fsp3) is 0.375. The van der Waals surface area contributed by atoms with Gasteiger partial charge in [0.1, 0.15) is 30.8 Å². The second-order valence-electron chi connectivity index (χ2n) is 7.46. The van der Waals surface area contributed by atoms with Crippen molar-refractivity contribution in [3.63, 3.8) is 0 Å². The number of nitrogens with one attached hydrogen (secondary N) is 1. The smallest absolute Gasteiger partial charge is 0.411 e. The van der Waals surface area contributed by atoms with Crippen LogP contribution in [0.15, 0.2) is 61.2 Å². The quantitative estimate of drug-likeness (QED) is 0.549. The van der Waals surface area contributed by atoms with Crippen LogP contribution in [0.25, 0.3) is 0 Å². The van der Waals surface area contributed by atoms with E-state index in [4.69, 9.17) is 14.2 Å². The van der Waals surface area contributed by atoms with Crippen molar-refractivity contribution in [3.05, 3.63) is 61.2 Å². The summed E-state index contributed by atoms with van der Waals surface area (Å²) in [6, 6.07) is 14.9. The van der Waals surface area contributed by atoms with Crippen molar-refractivity contribution in [3.8, 4) is 11.5 Å². The van der Waals surface area contributed by atoms with E-state index >= 15 is 0 Å². The maximum absolute atomic E-state index is 11.5. The van der Waals surface area contributed by atoms with Crippen molar-refractivity contribution in [2.45, 2.75) is 6.10 Å². The predicted octanol–water partition coefficient (Wildman–Crippen LogP) is 2.99. The number of carbonyl (C=O) groups excluding carboxylic acids is 1. The molecule has 0 bridgehead atoms. The van der Waals surface area contributed by atoms with Gasteiger partial charge in [0.05, 0.1) is 12.8 Å². The summed E-state index contributed by atoms with van der Waals surface area (Å²) in [7, 11) is 1.69. The lowest BCUT2D eigenvalue weighted by Crippen LogP contribution is -2.49. The number of nitrogens with zero attached hydrogens (tertiary/aromatic N) is 2. The Bertz CT molecular complexity index is 866. The number of para-hydroxylation sites is 2. The molecule has 1 aliphatic heterocycles. The molecule has 1 fully saturated rings. The number of hydrogen-bond donors (Lipinski definition) is 2. The van der Waals surface area contributed by atoms with E-state index in [0.717, 1.165) is 37.6 Å². The first-order valence-corrected chi connectivity index (χ1v) is 10.6. The second-order valence-corrected chi connectivity index (χ2v) is 7.46. The molecule has 1 unspecified atom stereocenters. The molecule has 1 saturated heterocycles. The average Bonchev–Trinajstić information content (AvgIpc) is 2.83. The molecule has 0 aromatic heterocycles. The highest BCUT2D eigenvalue weighted by Crippen LogP contribution is 2.28. The average molecular weight is 442 g/mol. The molecule has 32 heavy (non-hydrogen) atoms. The van der Waals surface area contributed by atoms with Crippen LogP contribution in [0.2, 0.25) is 0 Å². The summed E-state index contributed by atoms with van der Waals surface area (Å²) >= 11 is 0. The first-order valence-electron chi connectivity index (χ1n) is 10.6. The third-order valence-corrected chi connectivity index (χ3v) is 5.14. The van der Waals surface area contributed by atoms with Crippen LogP contribution in [0.5, 0.6) is 11.5 Å². The Hall–Kier alpha value is -3.23. The van der Waals surface area contributed by atoms with Gasteiger partial charge < -0.3 is 24.2 Å². The number of methoxy groups -OCH3 is 1. The molecule has 1 aliphatic rings. The molecule has 0 spiro atoms. The number of piperazine rings is 1. The zero-order valence-corrected chi connectivity index (χ0v) is 18.4. The van der Waals surface area contributed by atoms with Crippen molar-refractivity contribution in [2.24, 2.45) is 0 Å². The number of β-amino-alcohol motifs (C(OH)–C–C–N with tert-alkyl or cyclic N) is 1. The molecule has 3 rings (SSSR count). The number of benzene rings is 2. The summed E-state index contributed by atoms with van der Waals surface area (Å²) in [6.45, 7) is 7.85. The fourth-order valence-electron chi connectivity index (χ4n) is 3.53. The van der Waals surface area contributed by atoms with Crippen LogP contribution in [0.1, 0.15) is 0 Å². The van der Waals surface area contributed by atoms with Crippen LogP contribution in [0.4, 0.5) is 16.2 Å². The molecule has 8 nitrogen and oxygen atoms in total. The number of aliphatic hydroxyl groups is 1. The molecule has 0 aliphatic carbocycles. The lowest BCUT2D eigenvalue weighted by atomic mass is 10.2. The summed E-state index contributed by atoms with van der Waals surface area (Å²) in [6.07, 6.45) is 0.363. The van der Waals surface area contributed by atoms with E-state index in [1.165, 1.54) is 6.08 Å². The highest BCUT2D eigenvalue weighted by Gasteiger charge is 2.21. The Morgan fingerprint density at radius 1 is 1.16 bits per heavy atom. The zero-order chi connectivity index (χ0) is 22.8. The van der Waals surface area contributed by atoms with Gasteiger partial charge in [0.2, 0.25) is 0 Å². The van der Waals surface area contributed by atoms with Crippen molar-refractivity contribution in [1.29, 1.82) is 0 Å². The molecule has 172 valence electrons. The maximum atomic E-state index is 11.5. The van der Waals surface area contributed by atoms with Crippen LogP contribution < -0.4 is 19.7 Å². The lowest BCUT2D eigenvalue weighted by molar-refractivity contribution is 0.0663. The highest BCUT2D eigenvalue weighted by atomic mass is 16.5. The highest BCUT2D eigenvalue weighted by molar-refractivity contribution is 5.84. The van der Waals surface area contributed by atoms with E-state index in [-0.39, 0.29) is 13.2 Å². The van der Waals surface area contributed by atoms with Crippen molar-refractivity contribution >= 4 is 17.5 Å². The van der Waals surface area contributed by atoms with Crippen molar-refractivity contribution < 1.29 is 24.1 Å². The number of carbonyl (C=O) groups is 1. The molecular weight excluding hydrogens is 410 g/mol. The minimum Gasteiger partial charge on any atom is -0.495 e. The molecule has 2 aromatic rings. The van der Waals surface area contributed by atoms with Crippen LogP contribution in [0, 0.1) is 0 Å². The Kier molecular flexibility index (Phi) is 8.77. The third kappa shape index (κ3) is 6.90. The van der Waals surface area contributed by atoms with Gasteiger partial charge in [-0.15, -0.1) is 0 Å². The number of aliphatic hydroxyl groups excluding tert-OH is 1. The van der Waals surface area contributed by atoms with E-state index in [0.29, 0.717) is 18.0 Å². The second kappa shape index (κ2) is 12.0. The van der Waals surface area contributed by atoms with Gasteiger partial charge in [-0.1, -0.05) is 24.8 Å². The number of ether oxygens (including phenoxy) is 3. The molecule has 0 saturated carbocycles. The SMILES string of the molecule is C=CCOC(=O)Nc1ccc(OCC(O)CN2CCN(c3ccccc3OC)CC2)cc1. The summed E-state index contributed by atoms with van der Waals surface area (Å²) < 4.78 is 16.0. The number of amides is 1. The molecule has 2 N–H and O–H groups in total.